The molecule has 0 radical (unpaired) electrons. The summed E-state index contributed by atoms with van der Waals surface area (Å²) in [6.45, 7) is 1.88. The zero-order chi connectivity index (χ0) is 19.8. The number of aryl methyl sites for hydroxylation is 1. The molecule has 0 aliphatic heterocycles. The molecule has 3 rings (SSSR count). The molecule has 27 heavy (non-hydrogen) atoms. The Bertz CT molecular complexity index is 1210. The van der Waals surface area contributed by atoms with E-state index in [1.54, 1.807) is 12.3 Å². The molecule has 0 saturated carbocycles. The monoisotopic (exact) mass is 422 g/mol. The van der Waals surface area contributed by atoms with Crippen LogP contribution in [-0.2, 0) is 17.7 Å². The van der Waals surface area contributed by atoms with E-state index < -0.39 is 17.7 Å². The molecule has 0 amide bonds. The molecule has 0 saturated heterocycles. The van der Waals surface area contributed by atoms with Gasteiger partial charge in [-0.2, -0.15) is 0 Å². The minimum Gasteiger partial charge on any atom is -0.261 e. The van der Waals surface area contributed by atoms with Crippen molar-refractivity contribution in [3.8, 4) is 22.4 Å². The molecule has 140 valence electrons. The van der Waals surface area contributed by atoms with Crippen molar-refractivity contribution in [3.05, 3.63) is 65.6 Å². The van der Waals surface area contributed by atoms with Crippen molar-refractivity contribution in [3.63, 3.8) is 0 Å². The summed E-state index contributed by atoms with van der Waals surface area (Å²) in [6, 6.07) is 11.0. The van der Waals surface area contributed by atoms with Crippen LogP contribution in [0.3, 0.4) is 0 Å². The molecule has 3 aromatic rings. The Hall–Kier alpha value is -2.29. The van der Waals surface area contributed by atoms with E-state index in [2.05, 4.69) is 9.97 Å². The molecular weight excluding hydrogens is 408 g/mol. The average molecular weight is 423 g/mol. The van der Waals surface area contributed by atoms with Crippen molar-refractivity contribution in [1.82, 2.24) is 9.97 Å². The van der Waals surface area contributed by atoms with Crippen molar-refractivity contribution >= 4 is 29.3 Å². The van der Waals surface area contributed by atoms with Crippen LogP contribution in [0.2, 0.25) is 5.02 Å². The van der Waals surface area contributed by atoms with E-state index in [4.69, 9.17) is 11.6 Å². The third-order valence-electron chi connectivity index (χ3n) is 3.89. The van der Waals surface area contributed by atoms with Gasteiger partial charge < -0.3 is 0 Å². The van der Waals surface area contributed by atoms with Gasteiger partial charge in [0.15, 0.2) is 0 Å². The third-order valence-corrected chi connectivity index (χ3v) is 8.71. The topological polar surface area (TPSA) is 94.1 Å². The highest BCUT2D eigenvalue weighted by Gasteiger charge is 2.26. The van der Waals surface area contributed by atoms with Crippen LogP contribution in [0.5, 0.6) is 0 Å². The lowest BCUT2D eigenvalue weighted by atomic mass is 10.0. The van der Waals surface area contributed by atoms with Gasteiger partial charge in [-0.05, 0) is 42.8 Å². The van der Waals surface area contributed by atoms with Crippen molar-refractivity contribution in [2.75, 3.05) is 6.26 Å². The van der Waals surface area contributed by atoms with Crippen LogP contribution in [0.15, 0.2) is 59.8 Å². The van der Waals surface area contributed by atoms with E-state index in [-0.39, 0.29) is 4.90 Å². The molecule has 0 aliphatic carbocycles. The number of pyridine rings is 2. The number of nitrogens with zero attached hydrogens (tertiary/aromatic N) is 2. The summed E-state index contributed by atoms with van der Waals surface area (Å²) in [5, 5.41) is 0.418. The molecular formula is C18H15ClN2O4S2. The molecule has 0 spiro atoms. The van der Waals surface area contributed by atoms with Crippen LogP contribution in [-0.4, -0.2) is 33.1 Å². The second-order valence-electron chi connectivity index (χ2n) is 5.92. The lowest BCUT2D eigenvalue weighted by molar-refractivity contribution is 0.585. The Morgan fingerprint density at radius 1 is 0.852 bits per heavy atom. The maximum absolute atomic E-state index is 12.0. The molecule has 2 heterocycles. The Kier molecular flexibility index (Phi) is 5.07. The molecule has 0 unspecified atom stereocenters. The lowest BCUT2D eigenvalue weighted by Crippen LogP contribution is -2.13. The Morgan fingerprint density at radius 2 is 1.48 bits per heavy atom. The molecule has 1 aromatic carbocycles. The van der Waals surface area contributed by atoms with E-state index in [0.717, 1.165) is 11.3 Å². The highest BCUT2D eigenvalue weighted by atomic mass is 35.5. The van der Waals surface area contributed by atoms with Gasteiger partial charge in [0.05, 0.1) is 21.9 Å². The number of rotatable bonds is 4. The Balaban J connectivity index is 2.12. The second-order valence-corrected chi connectivity index (χ2v) is 12.3. The minimum absolute atomic E-state index is 0.290. The predicted octanol–water partition coefficient (Wildman–Crippen LogP) is 3.51. The van der Waals surface area contributed by atoms with Gasteiger partial charge in [0.1, 0.15) is 0 Å². The maximum Gasteiger partial charge on any atom is 0.281 e. The van der Waals surface area contributed by atoms with Crippen molar-refractivity contribution < 1.29 is 16.8 Å². The van der Waals surface area contributed by atoms with Crippen LogP contribution in [0.4, 0.5) is 0 Å². The fourth-order valence-electron chi connectivity index (χ4n) is 2.47. The molecule has 0 atom stereocenters. The van der Waals surface area contributed by atoms with Crippen LogP contribution in [0, 0.1) is 6.92 Å². The molecule has 0 aliphatic rings. The number of halogens is 1. The van der Waals surface area contributed by atoms with E-state index in [1.807, 2.05) is 19.1 Å². The minimum atomic E-state index is -4.43. The summed E-state index contributed by atoms with van der Waals surface area (Å²) >= 11 is 6.09. The van der Waals surface area contributed by atoms with Crippen molar-refractivity contribution in [2.45, 2.75) is 11.8 Å². The molecule has 0 N–H and O–H groups in total. The number of benzene rings is 1. The molecule has 2 aromatic heterocycles. The van der Waals surface area contributed by atoms with Gasteiger partial charge in [-0.25, -0.2) is 16.8 Å². The van der Waals surface area contributed by atoms with Gasteiger partial charge in [0.2, 0.25) is 0 Å². The predicted molar refractivity (Wildman–Crippen MR) is 105 cm³/mol. The fraction of sp³-hybridized carbons (Fsp3) is 0.111. The smallest absolute Gasteiger partial charge is 0.261 e. The van der Waals surface area contributed by atoms with Gasteiger partial charge in [-0.3, -0.25) is 9.97 Å². The summed E-state index contributed by atoms with van der Waals surface area (Å²) in [5.74, 6) is 0. The van der Waals surface area contributed by atoms with Gasteiger partial charge in [-0.1, -0.05) is 23.7 Å². The zero-order valence-electron chi connectivity index (χ0n) is 14.4. The first-order chi connectivity index (χ1) is 12.6. The highest BCUT2D eigenvalue weighted by molar-refractivity contribution is 8.66. The number of hydrogen-bond acceptors (Lipinski definition) is 6. The van der Waals surface area contributed by atoms with Gasteiger partial charge in [0.25, 0.3) is 17.7 Å². The SMILES string of the molecule is Cc1ccc(-c2ncc(Cl)cc2-c2ccc(S(=O)(=O)S(C)(=O)=O)cc2)cn1. The zero-order valence-corrected chi connectivity index (χ0v) is 16.8. The summed E-state index contributed by atoms with van der Waals surface area (Å²) in [4.78, 5) is 8.36. The molecule has 9 heteroatoms. The van der Waals surface area contributed by atoms with Crippen LogP contribution < -0.4 is 0 Å². The quantitative estimate of drug-likeness (QED) is 0.597. The van der Waals surface area contributed by atoms with Gasteiger partial charge >= 0.3 is 0 Å². The molecule has 0 fully saturated rings. The number of hydrogen-bond donors (Lipinski definition) is 0. The van der Waals surface area contributed by atoms with E-state index in [0.29, 0.717) is 28.1 Å². The summed E-state index contributed by atoms with van der Waals surface area (Å²) in [6.07, 6.45) is 3.87. The number of aromatic nitrogens is 2. The first-order valence-corrected chi connectivity index (χ1v) is 12.0. The normalized spacial score (nSPS) is 12.1. The van der Waals surface area contributed by atoms with Crippen LogP contribution >= 0.6 is 11.6 Å². The Morgan fingerprint density at radius 3 is 2.04 bits per heavy atom. The average Bonchev–Trinajstić information content (AvgIpc) is 2.62. The first-order valence-electron chi connectivity index (χ1n) is 7.74. The Labute approximate surface area is 162 Å². The van der Waals surface area contributed by atoms with Gasteiger partial charge in [0, 0.05) is 29.2 Å². The van der Waals surface area contributed by atoms with Crippen molar-refractivity contribution in [1.29, 1.82) is 0 Å². The van der Waals surface area contributed by atoms with E-state index >= 15 is 0 Å². The van der Waals surface area contributed by atoms with Crippen molar-refractivity contribution in [2.24, 2.45) is 0 Å². The molecule has 0 bridgehead atoms. The van der Waals surface area contributed by atoms with Crippen LogP contribution in [0.25, 0.3) is 22.4 Å². The first kappa shape index (κ1) is 19.5. The standard InChI is InChI=1S/C18H15ClN2O4S2/c1-12-3-4-14(10-20-12)18-17(9-15(19)11-21-18)13-5-7-16(8-6-13)27(24,25)26(2,22)23/h3-11H,1-2H3. The lowest BCUT2D eigenvalue weighted by Gasteiger charge is -2.11. The maximum atomic E-state index is 12.0. The molecule has 6 nitrogen and oxygen atoms in total. The summed E-state index contributed by atoms with van der Waals surface area (Å²) in [7, 11) is -8.69. The van der Waals surface area contributed by atoms with E-state index in [9.17, 15) is 16.8 Å². The van der Waals surface area contributed by atoms with Gasteiger partial charge in [-0.15, -0.1) is 0 Å². The van der Waals surface area contributed by atoms with Crippen LogP contribution in [0.1, 0.15) is 5.69 Å². The largest absolute Gasteiger partial charge is 0.281 e. The summed E-state index contributed by atoms with van der Waals surface area (Å²) < 4.78 is 47.1. The highest BCUT2D eigenvalue weighted by Crippen LogP contribution is 2.33. The second kappa shape index (κ2) is 7.03. The fourth-order valence-corrected chi connectivity index (χ4v) is 4.83. The summed E-state index contributed by atoms with van der Waals surface area (Å²) in [5.41, 5.74) is 3.60. The third kappa shape index (κ3) is 3.87. The van der Waals surface area contributed by atoms with E-state index in [1.165, 1.54) is 30.5 Å².